The van der Waals surface area contributed by atoms with Crippen molar-refractivity contribution in [2.24, 2.45) is 0 Å². The molecule has 0 amide bonds. The lowest BCUT2D eigenvalue weighted by molar-refractivity contribution is -0.166. The highest BCUT2D eigenvalue weighted by atomic mass is 35.5. The van der Waals surface area contributed by atoms with Crippen LogP contribution in [0.5, 0.6) is 6.01 Å². The Morgan fingerprint density at radius 1 is 1.06 bits per heavy atom. The van der Waals surface area contributed by atoms with Gasteiger partial charge in [-0.1, -0.05) is 41.9 Å². The first-order valence-corrected chi connectivity index (χ1v) is 10.9. The van der Waals surface area contributed by atoms with Gasteiger partial charge in [0.05, 0.1) is 6.33 Å². The molecule has 0 radical (unpaired) electrons. The highest BCUT2D eigenvalue weighted by molar-refractivity contribution is 6.33. The van der Waals surface area contributed by atoms with Gasteiger partial charge in [0.25, 0.3) is 0 Å². The van der Waals surface area contributed by atoms with Gasteiger partial charge in [0.2, 0.25) is 0 Å². The summed E-state index contributed by atoms with van der Waals surface area (Å²) in [7, 11) is 0. The molecule has 4 rings (SSSR count). The van der Waals surface area contributed by atoms with Gasteiger partial charge in [0.15, 0.2) is 29.2 Å². The van der Waals surface area contributed by atoms with Crippen LogP contribution in [-0.4, -0.2) is 62.3 Å². The van der Waals surface area contributed by atoms with E-state index in [1.807, 2.05) is 30.3 Å². The predicted octanol–water partition coefficient (Wildman–Crippen LogP) is 2.38. The molecule has 1 unspecified atom stereocenters. The molecule has 0 N–H and O–H groups in total. The minimum atomic E-state index is -1.35. The van der Waals surface area contributed by atoms with E-state index in [2.05, 4.69) is 15.0 Å². The standard InChI is InChI=1S/C23H23ClN4O8/c1-12(29)32-10-16-18(34-13(2)30)19(35-14(3)31)22(36-16)28-11-25-17-20(24)26-23(27-21(17)28)33-9-15-7-5-4-6-8-15/h4-8,11,16,18-19,22H,9-10H2,1-3H3/t16-,18-,19-,22?/m1/s1/i1D,2D,3D. The van der Waals surface area contributed by atoms with Crippen LogP contribution in [0.3, 0.4) is 0 Å². The Morgan fingerprint density at radius 3 is 2.50 bits per heavy atom. The molecule has 1 fully saturated rings. The number of aromatic nitrogens is 4. The van der Waals surface area contributed by atoms with E-state index in [1.54, 1.807) is 0 Å². The van der Waals surface area contributed by atoms with Crippen molar-refractivity contribution >= 4 is 40.7 Å². The van der Waals surface area contributed by atoms with Gasteiger partial charge in [0, 0.05) is 24.8 Å². The molecule has 0 bridgehead atoms. The smallest absolute Gasteiger partial charge is 0.320 e. The summed E-state index contributed by atoms with van der Waals surface area (Å²) in [6.45, 7) is -2.44. The van der Waals surface area contributed by atoms with Crippen LogP contribution in [0.2, 0.25) is 5.15 Å². The molecule has 1 aromatic carbocycles. The zero-order valence-corrected chi connectivity index (χ0v) is 19.5. The number of carbonyl (C=O) groups excluding carboxylic acids is 3. The topological polar surface area (TPSA) is 141 Å². The molecule has 0 aliphatic carbocycles. The van der Waals surface area contributed by atoms with Crippen LogP contribution < -0.4 is 4.74 Å². The molecular formula is C23H23ClN4O8. The molecular weight excluding hydrogens is 496 g/mol. The number of halogens is 1. The minimum absolute atomic E-state index is 0.0300. The maximum atomic E-state index is 12.2. The van der Waals surface area contributed by atoms with E-state index in [-0.39, 0.29) is 28.9 Å². The number of hydrogen-bond acceptors (Lipinski definition) is 11. The van der Waals surface area contributed by atoms with Crippen molar-refractivity contribution in [3.05, 3.63) is 47.4 Å². The Hall–Kier alpha value is -3.77. The molecule has 0 spiro atoms. The summed E-state index contributed by atoms with van der Waals surface area (Å²) in [6.07, 6.45) is -3.78. The van der Waals surface area contributed by atoms with Gasteiger partial charge in [-0.2, -0.15) is 9.97 Å². The molecule has 36 heavy (non-hydrogen) atoms. The highest BCUT2D eigenvalue weighted by Gasteiger charge is 2.51. The summed E-state index contributed by atoms with van der Waals surface area (Å²) in [5.41, 5.74) is 1.16. The van der Waals surface area contributed by atoms with Crippen molar-refractivity contribution in [2.45, 2.75) is 51.8 Å². The molecule has 1 aliphatic heterocycles. The van der Waals surface area contributed by atoms with Gasteiger partial charge >= 0.3 is 23.9 Å². The number of nitrogens with zero attached hydrogens (tertiary/aromatic N) is 4. The van der Waals surface area contributed by atoms with E-state index in [4.69, 9.17) is 39.4 Å². The molecule has 190 valence electrons. The van der Waals surface area contributed by atoms with Gasteiger partial charge in [-0.15, -0.1) is 0 Å². The first-order chi connectivity index (χ1) is 18.8. The Kier molecular flexibility index (Phi) is 6.50. The fourth-order valence-corrected chi connectivity index (χ4v) is 3.85. The van der Waals surface area contributed by atoms with E-state index in [0.717, 1.165) is 5.56 Å². The number of hydrogen-bond donors (Lipinski definition) is 0. The summed E-state index contributed by atoms with van der Waals surface area (Å²) in [5, 5.41) is -0.0300. The van der Waals surface area contributed by atoms with Crippen LogP contribution in [0.1, 0.15) is 36.6 Å². The Morgan fingerprint density at radius 2 is 1.78 bits per heavy atom. The van der Waals surface area contributed by atoms with Gasteiger partial charge < -0.3 is 23.7 Å². The lowest BCUT2D eigenvalue weighted by Gasteiger charge is -2.23. The van der Waals surface area contributed by atoms with Crippen LogP contribution in [0.25, 0.3) is 11.2 Å². The second-order valence-electron chi connectivity index (χ2n) is 7.55. The molecule has 3 heterocycles. The Bertz CT molecular complexity index is 1330. The number of rotatable bonds is 8. The van der Waals surface area contributed by atoms with E-state index in [1.165, 1.54) is 10.9 Å². The van der Waals surface area contributed by atoms with Crippen molar-refractivity contribution in [1.29, 1.82) is 0 Å². The SMILES string of the molecule is [2H]CC(=O)OC[C@H]1OC(n2cnc3c(Cl)nc(OCc4ccccc4)nc32)[C@H](OC(=O)C[2H])[C@@H]1OC(=O)C[2H]. The third-order valence-corrected chi connectivity index (χ3v) is 5.34. The number of ether oxygens (including phenoxy) is 5. The first kappa shape index (κ1) is 21.5. The maximum absolute atomic E-state index is 12.2. The minimum Gasteiger partial charge on any atom is -0.463 e. The zero-order chi connectivity index (χ0) is 27.9. The number of imidazole rings is 1. The Balaban J connectivity index is 1.69. The van der Waals surface area contributed by atoms with Gasteiger partial charge in [0.1, 0.15) is 24.8 Å². The van der Waals surface area contributed by atoms with Crippen molar-refractivity contribution in [3.8, 4) is 6.01 Å². The Labute approximate surface area is 214 Å². The normalized spacial score (nSPS) is 22.3. The van der Waals surface area contributed by atoms with Crippen molar-refractivity contribution < 1.29 is 42.2 Å². The number of benzene rings is 1. The summed E-state index contributed by atoms with van der Waals surface area (Å²) in [5.74, 6) is -2.76. The zero-order valence-electron chi connectivity index (χ0n) is 21.7. The van der Waals surface area contributed by atoms with Gasteiger partial charge in [-0.25, -0.2) is 4.98 Å². The van der Waals surface area contributed by atoms with Crippen LogP contribution in [0.4, 0.5) is 0 Å². The molecule has 0 saturated carbocycles. The second kappa shape index (κ2) is 10.9. The van der Waals surface area contributed by atoms with Crippen molar-refractivity contribution in [3.63, 3.8) is 0 Å². The molecule has 2 aromatic heterocycles. The van der Waals surface area contributed by atoms with Gasteiger partial charge in [-0.05, 0) is 5.56 Å². The monoisotopic (exact) mass is 521 g/mol. The number of carbonyl (C=O) groups is 3. The molecule has 1 saturated heterocycles. The maximum Gasteiger partial charge on any atom is 0.320 e. The molecule has 4 atom stereocenters. The van der Waals surface area contributed by atoms with Gasteiger partial charge in [-0.3, -0.25) is 19.0 Å². The quantitative estimate of drug-likeness (QED) is 0.245. The highest BCUT2D eigenvalue weighted by Crippen LogP contribution is 2.36. The lowest BCUT2D eigenvalue weighted by Crippen LogP contribution is -2.40. The molecule has 1 aliphatic rings. The average Bonchev–Trinajstić information content (AvgIpc) is 3.52. The summed E-state index contributed by atoms with van der Waals surface area (Å²) >= 11 is 6.33. The van der Waals surface area contributed by atoms with Crippen LogP contribution >= 0.6 is 11.6 Å². The average molecular weight is 522 g/mol. The fraction of sp³-hybridized carbons (Fsp3) is 0.391. The van der Waals surface area contributed by atoms with E-state index in [0.29, 0.717) is 0 Å². The third-order valence-electron chi connectivity index (χ3n) is 5.07. The predicted molar refractivity (Wildman–Crippen MR) is 123 cm³/mol. The first-order valence-electron chi connectivity index (χ1n) is 12.6. The van der Waals surface area contributed by atoms with Crippen molar-refractivity contribution in [1.82, 2.24) is 19.5 Å². The molecule has 12 nitrogen and oxygen atoms in total. The van der Waals surface area contributed by atoms with E-state index in [9.17, 15) is 14.4 Å². The summed E-state index contributed by atoms with van der Waals surface area (Å²) in [4.78, 5) is 48.5. The van der Waals surface area contributed by atoms with Crippen LogP contribution in [0, 0.1) is 0 Å². The summed E-state index contributed by atoms with van der Waals surface area (Å²) < 4.78 is 50.6. The molecule has 13 heteroatoms. The van der Waals surface area contributed by atoms with Crippen molar-refractivity contribution in [2.75, 3.05) is 6.61 Å². The van der Waals surface area contributed by atoms with Crippen LogP contribution in [0.15, 0.2) is 36.7 Å². The lowest BCUT2D eigenvalue weighted by atomic mass is 10.1. The molecule has 3 aromatic rings. The summed E-state index contributed by atoms with van der Waals surface area (Å²) in [6, 6.07) is 9.20. The van der Waals surface area contributed by atoms with Crippen LogP contribution in [-0.2, 0) is 39.9 Å². The number of esters is 3. The van der Waals surface area contributed by atoms with E-state index >= 15 is 0 Å². The third kappa shape index (κ3) is 5.71. The number of fused-ring (bicyclic) bond motifs is 1. The fourth-order valence-electron chi connectivity index (χ4n) is 3.65. The second-order valence-corrected chi connectivity index (χ2v) is 7.91. The largest absolute Gasteiger partial charge is 0.463 e. The van der Waals surface area contributed by atoms with E-state index < -0.39 is 69.8 Å².